The van der Waals surface area contributed by atoms with E-state index in [1.165, 1.54) is 17.0 Å². The van der Waals surface area contributed by atoms with Gasteiger partial charge in [-0.05, 0) is 38.5 Å². The van der Waals surface area contributed by atoms with Crippen LogP contribution in [0.5, 0.6) is 0 Å². The number of hydrogen-bond acceptors (Lipinski definition) is 3. The third-order valence-corrected chi connectivity index (χ3v) is 4.65. The van der Waals surface area contributed by atoms with Gasteiger partial charge in [-0.15, -0.1) is 11.3 Å². The number of thiazole rings is 1. The van der Waals surface area contributed by atoms with Crippen molar-refractivity contribution < 1.29 is 0 Å². The van der Waals surface area contributed by atoms with E-state index >= 15 is 0 Å². The molecule has 104 valence electrons. The molecule has 3 rings (SSSR count). The van der Waals surface area contributed by atoms with Gasteiger partial charge in [-0.25, -0.2) is 4.98 Å². The lowest BCUT2D eigenvalue weighted by Crippen LogP contribution is -2.05. The van der Waals surface area contributed by atoms with Crippen molar-refractivity contribution in [2.45, 2.75) is 27.3 Å². The van der Waals surface area contributed by atoms with Crippen molar-refractivity contribution >= 4 is 33.6 Å². The SMILES string of the molecule is Cc1ccc(Cl)cc1NCc1c(C)nc2scc(C)n12. The Morgan fingerprint density at radius 2 is 2.10 bits per heavy atom. The maximum absolute atomic E-state index is 6.06. The normalized spacial score (nSPS) is 11.2. The molecule has 0 amide bonds. The first-order chi connectivity index (χ1) is 9.56. The van der Waals surface area contributed by atoms with Crippen LogP contribution in [0.2, 0.25) is 5.02 Å². The van der Waals surface area contributed by atoms with E-state index in [0.29, 0.717) is 0 Å². The number of anilines is 1. The summed E-state index contributed by atoms with van der Waals surface area (Å²) in [5.74, 6) is 0. The zero-order valence-corrected chi connectivity index (χ0v) is 13.3. The minimum Gasteiger partial charge on any atom is -0.379 e. The van der Waals surface area contributed by atoms with Crippen LogP contribution in [0.4, 0.5) is 5.69 Å². The van der Waals surface area contributed by atoms with E-state index < -0.39 is 0 Å². The van der Waals surface area contributed by atoms with Crippen LogP contribution in [0.15, 0.2) is 23.6 Å². The number of nitrogens with zero attached hydrogens (tertiary/aromatic N) is 2. The molecule has 20 heavy (non-hydrogen) atoms. The summed E-state index contributed by atoms with van der Waals surface area (Å²) in [6.45, 7) is 6.98. The second kappa shape index (κ2) is 5.11. The molecule has 3 nitrogen and oxygen atoms in total. The molecule has 0 saturated heterocycles. The number of fused-ring (bicyclic) bond motifs is 1. The molecule has 2 aromatic heterocycles. The summed E-state index contributed by atoms with van der Waals surface area (Å²) in [6.07, 6.45) is 0. The first kappa shape index (κ1) is 13.5. The van der Waals surface area contributed by atoms with Gasteiger partial charge in [0.1, 0.15) is 0 Å². The molecule has 0 atom stereocenters. The fourth-order valence-corrected chi connectivity index (χ4v) is 3.44. The number of imidazole rings is 1. The van der Waals surface area contributed by atoms with Crippen molar-refractivity contribution in [3.8, 4) is 0 Å². The van der Waals surface area contributed by atoms with Crippen LogP contribution in [0.1, 0.15) is 22.6 Å². The van der Waals surface area contributed by atoms with Crippen molar-refractivity contribution in [3.05, 3.63) is 51.2 Å². The average molecular weight is 306 g/mol. The number of rotatable bonds is 3. The van der Waals surface area contributed by atoms with Crippen LogP contribution >= 0.6 is 22.9 Å². The summed E-state index contributed by atoms with van der Waals surface area (Å²) in [5.41, 5.74) is 5.77. The van der Waals surface area contributed by atoms with Crippen LogP contribution in [-0.2, 0) is 6.54 Å². The summed E-state index contributed by atoms with van der Waals surface area (Å²) in [5, 5.41) is 6.35. The largest absolute Gasteiger partial charge is 0.379 e. The second-order valence-electron chi connectivity index (χ2n) is 4.95. The summed E-state index contributed by atoms with van der Waals surface area (Å²) >= 11 is 7.73. The minimum absolute atomic E-state index is 0.742. The molecule has 2 heterocycles. The third kappa shape index (κ3) is 2.30. The van der Waals surface area contributed by atoms with E-state index in [1.54, 1.807) is 11.3 Å². The highest BCUT2D eigenvalue weighted by Gasteiger charge is 2.12. The van der Waals surface area contributed by atoms with E-state index in [0.717, 1.165) is 27.9 Å². The predicted octanol–water partition coefficient (Wildman–Crippen LogP) is 4.59. The van der Waals surface area contributed by atoms with Gasteiger partial charge in [-0.3, -0.25) is 4.40 Å². The Bertz CT molecular complexity index is 773. The molecule has 0 radical (unpaired) electrons. The van der Waals surface area contributed by atoms with Crippen molar-refractivity contribution in [3.63, 3.8) is 0 Å². The predicted molar refractivity (Wildman–Crippen MR) is 86.1 cm³/mol. The third-order valence-electron chi connectivity index (χ3n) is 3.48. The van der Waals surface area contributed by atoms with E-state index in [-0.39, 0.29) is 0 Å². The summed E-state index contributed by atoms with van der Waals surface area (Å²) in [6, 6.07) is 5.90. The topological polar surface area (TPSA) is 29.3 Å². The van der Waals surface area contributed by atoms with Gasteiger partial charge >= 0.3 is 0 Å². The number of benzene rings is 1. The zero-order chi connectivity index (χ0) is 14.3. The molecule has 0 saturated carbocycles. The molecule has 0 unspecified atom stereocenters. The Labute approximate surface area is 127 Å². The highest BCUT2D eigenvalue weighted by molar-refractivity contribution is 7.15. The van der Waals surface area contributed by atoms with E-state index in [1.807, 2.05) is 18.2 Å². The molecule has 3 aromatic rings. The Hall–Kier alpha value is -1.52. The lowest BCUT2D eigenvalue weighted by Gasteiger charge is -2.10. The van der Waals surface area contributed by atoms with Gasteiger partial charge in [0, 0.05) is 21.8 Å². The first-order valence-corrected chi connectivity index (χ1v) is 7.74. The number of aromatic nitrogens is 2. The number of nitrogens with one attached hydrogen (secondary N) is 1. The Balaban J connectivity index is 1.92. The average Bonchev–Trinajstić information content (AvgIpc) is 2.91. The van der Waals surface area contributed by atoms with Crippen molar-refractivity contribution in [2.75, 3.05) is 5.32 Å². The molecule has 0 aliphatic heterocycles. The van der Waals surface area contributed by atoms with Gasteiger partial charge in [0.2, 0.25) is 0 Å². The number of hydrogen-bond donors (Lipinski definition) is 1. The quantitative estimate of drug-likeness (QED) is 0.767. The van der Waals surface area contributed by atoms with Gasteiger partial charge in [0.15, 0.2) is 4.96 Å². The monoisotopic (exact) mass is 305 g/mol. The van der Waals surface area contributed by atoms with Gasteiger partial charge in [0.05, 0.1) is 17.9 Å². The molecule has 5 heteroatoms. The lowest BCUT2D eigenvalue weighted by molar-refractivity contribution is 0.965. The van der Waals surface area contributed by atoms with Gasteiger partial charge in [-0.2, -0.15) is 0 Å². The Morgan fingerprint density at radius 3 is 2.90 bits per heavy atom. The van der Waals surface area contributed by atoms with Crippen LogP contribution in [-0.4, -0.2) is 9.38 Å². The van der Waals surface area contributed by atoms with E-state index in [9.17, 15) is 0 Å². The molecular formula is C15H16ClN3S. The van der Waals surface area contributed by atoms with E-state index in [4.69, 9.17) is 11.6 Å². The number of halogens is 1. The summed E-state index contributed by atoms with van der Waals surface area (Å²) < 4.78 is 2.22. The molecule has 0 fully saturated rings. The zero-order valence-electron chi connectivity index (χ0n) is 11.7. The summed E-state index contributed by atoms with van der Waals surface area (Å²) in [7, 11) is 0. The molecule has 0 spiro atoms. The Kier molecular flexibility index (Phi) is 3.44. The van der Waals surface area contributed by atoms with Crippen molar-refractivity contribution in [1.29, 1.82) is 0 Å². The fourth-order valence-electron chi connectivity index (χ4n) is 2.34. The van der Waals surface area contributed by atoms with Crippen LogP contribution in [0, 0.1) is 20.8 Å². The van der Waals surface area contributed by atoms with Crippen LogP contribution in [0.25, 0.3) is 4.96 Å². The summed E-state index contributed by atoms with van der Waals surface area (Å²) in [4.78, 5) is 5.66. The molecular weight excluding hydrogens is 290 g/mol. The van der Waals surface area contributed by atoms with Gasteiger partial charge in [0.25, 0.3) is 0 Å². The van der Waals surface area contributed by atoms with Crippen LogP contribution < -0.4 is 5.32 Å². The van der Waals surface area contributed by atoms with Gasteiger partial charge in [-0.1, -0.05) is 17.7 Å². The molecule has 0 aliphatic rings. The first-order valence-electron chi connectivity index (χ1n) is 6.48. The standard InChI is InChI=1S/C15H16ClN3S/c1-9-4-5-12(16)6-13(9)17-7-14-11(3)18-15-19(14)10(2)8-20-15/h4-6,8,17H,7H2,1-3H3. The maximum atomic E-state index is 6.06. The fraction of sp³-hybridized carbons (Fsp3) is 0.267. The molecule has 1 N–H and O–H groups in total. The molecule has 0 bridgehead atoms. The van der Waals surface area contributed by atoms with Crippen molar-refractivity contribution in [1.82, 2.24) is 9.38 Å². The van der Waals surface area contributed by atoms with Crippen molar-refractivity contribution in [2.24, 2.45) is 0 Å². The highest BCUT2D eigenvalue weighted by atomic mass is 35.5. The van der Waals surface area contributed by atoms with Gasteiger partial charge < -0.3 is 5.32 Å². The lowest BCUT2D eigenvalue weighted by atomic mass is 10.2. The molecule has 1 aromatic carbocycles. The minimum atomic E-state index is 0.742. The Morgan fingerprint density at radius 1 is 1.30 bits per heavy atom. The number of aryl methyl sites for hydroxylation is 3. The smallest absolute Gasteiger partial charge is 0.194 e. The maximum Gasteiger partial charge on any atom is 0.194 e. The second-order valence-corrected chi connectivity index (χ2v) is 6.22. The highest BCUT2D eigenvalue weighted by Crippen LogP contribution is 2.24. The van der Waals surface area contributed by atoms with E-state index in [2.05, 4.69) is 40.9 Å². The van der Waals surface area contributed by atoms with Crippen LogP contribution in [0.3, 0.4) is 0 Å². The molecule has 0 aliphatic carbocycles.